The summed E-state index contributed by atoms with van der Waals surface area (Å²) in [6.07, 6.45) is 1.43. The van der Waals surface area contributed by atoms with E-state index >= 15 is 0 Å². The third-order valence-electron chi connectivity index (χ3n) is 3.81. The number of aromatic nitrogens is 1. The standard InChI is InChI=1S/C21H17ClN2O3/c22-18-10-11-23-19(12-18)21(26)24-13-20(25)27-14-15-6-8-17(9-7-15)16-4-2-1-3-5-16/h1-12H,13-14H2,(H,24,26). The lowest BCUT2D eigenvalue weighted by molar-refractivity contribution is -0.143. The van der Waals surface area contributed by atoms with E-state index in [0.29, 0.717) is 5.02 Å². The summed E-state index contributed by atoms with van der Waals surface area (Å²) >= 11 is 5.81. The van der Waals surface area contributed by atoms with Crippen LogP contribution < -0.4 is 5.32 Å². The molecule has 1 heterocycles. The van der Waals surface area contributed by atoms with Crippen molar-refractivity contribution >= 4 is 23.5 Å². The van der Waals surface area contributed by atoms with Gasteiger partial charge in [0.15, 0.2) is 0 Å². The number of benzene rings is 2. The molecule has 3 rings (SSSR count). The van der Waals surface area contributed by atoms with Gasteiger partial charge in [0.25, 0.3) is 5.91 Å². The minimum absolute atomic E-state index is 0.138. The Morgan fingerprint density at radius 1 is 0.963 bits per heavy atom. The van der Waals surface area contributed by atoms with E-state index in [1.165, 1.54) is 12.3 Å². The second kappa shape index (κ2) is 8.96. The van der Waals surface area contributed by atoms with Gasteiger partial charge in [0, 0.05) is 11.2 Å². The molecule has 27 heavy (non-hydrogen) atoms. The van der Waals surface area contributed by atoms with Crippen LogP contribution >= 0.6 is 11.6 Å². The molecule has 0 radical (unpaired) electrons. The second-order valence-electron chi connectivity index (χ2n) is 5.77. The lowest BCUT2D eigenvalue weighted by atomic mass is 10.0. The molecule has 0 spiro atoms. The number of hydrogen-bond donors (Lipinski definition) is 1. The van der Waals surface area contributed by atoms with Crippen LogP contribution in [0.4, 0.5) is 0 Å². The van der Waals surface area contributed by atoms with Crippen LogP contribution in [-0.4, -0.2) is 23.4 Å². The first-order valence-electron chi connectivity index (χ1n) is 8.31. The number of pyridine rings is 1. The zero-order chi connectivity index (χ0) is 19.1. The van der Waals surface area contributed by atoms with Crippen molar-refractivity contribution in [3.8, 4) is 11.1 Å². The molecule has 0 aliphatic rings. The van der Waals surface area contributed by atoms with Crippen molar-refractivity contribution in [2.75, 3.05) is 6.54 Å². The number of halogens is 1. The first-order chi connectivity index (χ1) is 13.1. The highest BCUT2D eigenvalue weighted by atomic mass is 35.5. The van der Waals surface area contributed by atoms with Crippen LogP contribution in [0.5, 0.6) is 0 Å². The highest BCUT2D eigenvalue weighted by Gasteiger charge is 2.10. The number of ether oxygens (including phenoxy) is 1. The molecule has 0 bridgehead atoms. The summed E-state index contributed by atoms with van der Waals surface area (Å²) in [5.74, 6) is -1.01. The van der Waals surface area contributed by atoms with Gasteiger partial charge in [0.05, 0.1) is 0 Å². The molecule has 1 amide bonds. The number of nitrogens with one attached hydrogen (secondary N) is 1. The predicted molar refractivity (Wildman–Crippen MR) is 103 cm³/mol. The van der Waals surface area contributed by atoms with Crippen molar-refractivity contribution in [1.82, 2.24) is 10.3 Å². The number of nitrogens with zero attached hydrogens (tertiary/aromatic N) is 1. The third-order valence-corrected chi connectivity index (χ3v) is 4.04. The van der Waals surface area contributed by atoms with E-state index in [9.17, 15) is 9.59 Å². The molecule has 0 fully saturated rings. The largest absolute Gasteiger partial charge is 0.460 e. The van der Waals surface area contributed by atoms with Crippen molar-refractivity contribution in [1.29, 1.82) is 0 Å². The Kier molecular flexibility index (Phi) is 6.18. The van der Waals surface area contributed by atoms with Crippen LogP contribution in [0.3, 0.4) is 0 Å². The second-order valence-corrected chi connectivity index (χ2v) is 6.20. The Morgan fingerprint density at radius 3 is 2.37 bits per heavy atom. The quantitative estimate of drug-likeness (QED) is 0.659. The highest BCUT2D eigenvalue weighted by Crippen LogP contribution is 2.19. The SMILES string of the molecule is O=C(CNC(=O)c1cc(Cl)ccn1)OCc1ccc(-c2ccccc2)cc1. The van der Waals surface area contributed by atoms with Crippen molar-refractivity contribution in [2.45, 2.75) is 6.61 Å². The molecular formula is C21H17ClN2O3. The lowest BCUT2D eigenvalue weighted by Gasteiger charge is -2.07. The van der Waals surface area contributed by atoms with Crippen LogP contribution in [0, 0.1) is 0 Å². The van der Waals surface area contributed by atoms with Gasteiger partial charge in [-0.25, -0.2) is 0 Å². The van der Waals surface area contributed by atoms with E-state index in [1.807, 2.05) is 54.6 Å². The highest BCUT2D eigenvalue weighted by molar-refractivity contribution is 6.30. The molecule has 5 nitrogen and oxygen atoms in total. The Bertz CT molecular complexity index is 928. The van der Waals surface area contributed by atoms with Crippen molar-refractivity contribution < 1.29 is 14.3 Å². The normalized spacial score (nSPS) is 10.3. The lowest BCUT2D eigenvalue weighted by Crippen LogP contribution is -2.31. The van der Waals surface area contributed by atoms with Crippen LogP contribution in [0.2, 0.25) is 5.02 Å². The summed E-state index contributed by atoms with van der Waals surface area (Å²) < 4.78 is 5.18. The predicted octanol–water partition coefficient (Wildman–Crippen LogP) is 3.88. The van der Waals surface area contributed by atoms with E-state index in [4.69, 9.17) is 16.3 Å². The molecule has 0 saturated carbocycles. The molecule has 6 heteroatoms. The summed E-state index contributed by atoms with van der Waals surface area (Å²) in [6, 6.07) is 20.8. The molecule has 136 valence electrons. The van der Waals surface area contributed by atoms with E-state index in [0.717, 1.165) is 16.7 Å². The van der Waals surface area contributed by atoms with E-state index in [-0.39, 0.29) is 18.8 Å². The van der Waals surface area contributed by atoms with Gasteiger partial charge in [-0.1, -0.05) is 66.2 Å². The van der Waals surface area contributed by atoms with Gasteiger partial charge in [-0.2, -0.15) is 0 Å². The van der Waals surface area contributed by atoms with Gasteiger partial charge in [0.1, 0.15) is 18.8 Å². The maximum Gasteiger partial charge on any atom is 0.325 e. The molecule has 0 atom stereocenters. The number of carbonyl (C=O) groups is 2. The average molecular weight is 381 g/mol. The van der Waals surface area contributed by atoms with Crippen LogP contribution in [0.1, 0.15) is 16.1 Å². The summed E-state index contributed by atoms with van der Waals surface area (Å²) in [4.78, 5) is 27.6. The summed E-state index contributed by atoms with van der Waals surface area (Å²) in [5.41, 5.74) is 3.23. The maximum absolute atomic E-state index is 11.9. The summed E-state index contributed by atoms with van der Waals surface area (Å²) in [7, 11) is 0. The van der Waals surface area contributed by atoms with Crippen molar-refractivity contribution in [3.05, 3.63) is 89.2 Å². The first kappa shape index (κ1) is 18.6. The molecule has 0 unspecified atom stereocenters. The zero-order valence-corrected chi connectivity index (χ0v) is 15.1. The monoisotopic (exact) mass is 380 g/mol. The topological polar surface area (TPSA) is 68.3 Å². The Labute approximate surface area is 162 Å². The zero-order valence-electron chi connectivity index (χ0n) is 14.4. The molecule has 0 aliphatic carbocycles. The Morgan fingerprint density at radius 2 is 1.67 bits per heavy atom. The number of hydrogen-bond acceptors (Lipinski definition) is 4. The van der Waals surface area contributed by atoms with Crippen LogP contribution in [0.15, 0.2) is 72.9 Å². The fourth-order valence-corrected chi connectivity index (χ4v) is 2.57. The van der Waals surface area contributed by atoms with Gasteiger partial charge in [0.2, 0.25) is 0 Å². The number of rotatable bonds is 6. The molecule has 0 saturated heterocycles. The number of carbonyl (C=O) groups excluding carboxylic acids is 2. The van der Waals surface area contributed by atoms with Crippen LogP contribution in [0.25, 0.3) is 11.1 Å². The number of esters is 1. The minimum Gasteiger partial charge on any atom is -0.460 e. The smallest absolute Gasteiger partial charge is 0.325 e. The Hall–Kier alpha value is -3.18. The van der Waals surface area contributed by atoms with Gasteiger partial charge < -0.3 is 10.1 Å². The fourth-order valence-electron chi connectivity index (χ4n) is 2.41. The molecular weight excluding hydrogens is 364 g/mol. The molecule has 2 aromatic carbocycles. The summed E-state index contributed by atoms with van der Waals surface area (Å²) in [5, 5.41) is 2.86. The average Bonchev–Trinajstić information content (AvgIpc) is 2.71. The van der Waals surface area contributed by atoms with Gasteiger partial charge in [-0.3, -0.25) is 14.6 Å². The van der Waals surface area contributed by atoms with E-state index in [2.05, 4.69) is 10.3 Å². The molecule has 1 aromatic heterocycles. The van der Waals surface area contributed by atoms with E-state index < -0.39 is 11.9 Å². The molecule has 0 aliphatic heterocycles. The first-order valence-corrected chi connectivity index (χ1v) is 8.69. The Balaban J connectivity index is 1.47. The van der Waals surface area contributed by atoms with Gasteiger partial charge in [-0.05, 0) is 28.8 Å². The number of amides is 1. The van der Waals surface area contributed by atoms with Gasteiger partial charge >= 0.3 is 5.97 Å². The van der Waals surface area contributed by atoms with E-state index in [1.54, 1.807) is 6.07 Å². The fraction of sp³-hybridized carbons (Fsp3) is 0.0952. The van der Waals surface area contributed by atoms with Crippen LogP contribution in [-0.2, 0) is 16.1 Å². The van der Waals surface area contributed by atoms with Crippen molar-refractivity contribution in [3.63, 3.8) is 0 Å². The van der Waals surface area contributed by atoms with Gasteiger partial charge in [-0.15, -0.1) is 0 Å². The molecule has 3 aromatic rings. The maximum atomic E-state index is 11.9. The minimum atomic E-state index is -0.530. The van der Waals surface area contributed by atoms with Crippen molar-refractivity contribution in [2.24, 2.45) is 0 Å². The molecule has 1 N–H and O–H groups in total. The third kappa shape index (κ3) is 5.39. The summed E-state index contributed by atoms with van der Waals surface area (Å²) in [6.45, 7) is -0.103.